The van der Waals surface area contributed by atoms with E-state index in [1.807, 2.05) is 6.33 Å². The molecular formula is C33H42FN7O. The molecule has 0 radical (unpaired) electrons. The fraction of sp³-hybridized carbons (Fsp3) is 0.606. The molecule has 3 aliphatic heterocycles. The molecule has 9 heteroatoms. The van der Waals surface area contributed by atoms with E-state index in [0.29, 0.717) is 24.9 Å². The zero-order chi connectivity index (χ0) is 28.6. The SMILES string of the molecule is CC(C)n1cnc2cc(-c3ccc4c(c3)N(C3CC(N5CCC(F)CC5)C3)C(=O)C43CCNCC3)nc(NC3CC3)c21. The second-order valence-corrected chi connectivity index (χ2v) is 13.6. The summed E-state index contributed by atoms with van der Waals surface area (Å²) in [6, 6.07) is 10.1. The first kappa shape index (κ1) is 26.6. The summed E-state index contributed by atoms with van der Waals surface area (Å²) in [5, 5.41) is 7.14. The Bertz CT molecular complexity index is 1510. The molecule has 4 fully saturated rings. The summed E-state index contributed by atoms with van der Waals surface area (Å²) in [7, 11) is 0. The van der Waals surface area contributed by atoms with Gasteiger partial charge in [-0.25, -0.2) is 14.4 Å². The number of nitrogens with zero attached hydrogens (tertiary/aromatic N) is 5. The predicted octanol–water partition coefficient (Wildman–Crippen LogP) is 5.19. The summed E-state index contributed by atoms with van der Waals surface area (Å²) >= 11 is 0. The highest BCUT2D eigenvalue weighted by molar-refractivity contribution is 6.09. The Morgan fingerprint density at radius 3 is 2.52 bits per heavy atom. The van der Waals surface area contributed by atoms with E-state index >= 15 is 0 Å². The molecule has 2 aliphatic carbocycles. The van der Waals surface area contributed by atoms with Gasteiger partial charge in [-0.05, 0) is 96.0 Å². The molecule has 2 saturated heterocycles. The van der Waals surface area contributed by atoms with E-state index in [0.717, 1.165) is 85.7 Å². The Kier molecular flexibility index (Phi) is 6.34. The number of benzene rings is 1. The molecule has 8 nitrogen and oxygen atoms in total. The summed E-state index contributed by atoms with van der Waals surface area (Å²) in [6.07, 6.45) is 8.48. The minimum atomic E-state index is -0.658. The van der Waals surface area contributed by atoms with E-state index in [-0.39, 0.29) is 18.0 Å². The number of hydrogen-bond donors (Lipinski definition) is 2. The largest absolute Gasteiger partial charge is 0.366 e. The number of pyridine rings is 1. The average Bonchev–Trinajstić information content (AvgIpc) is 3.63. The maximum absolute atomic E-state index is 14.4. The molecule has 2 aromatic heterocycles. The third-order valence-electron chi connectivity index (χ3n) is 10.6. The third kappa shape index (κ3) is 4.26. The van der Waals surface area contributed by atoms with Crippen LogP contribution in [0, 0.1) is 0 Å². The number of piperidine rings is 2. The van der Waals surface area contributed by atoms with E-state index in [4.69, 9.17) is 9.97 Å². The number of halogens is 1. The summed E-state index contributed by atoms with van der Waals surface area (Å²) < 4.78 is 16.0. The van der Waals surface area contributed by atoms with Gasteiger partial charge in [0.25, 0.3) is 0 Å². The van der Waals surface area contributed by atoms with Crippen molar-refractivity contribution in [1.29, 1.82) is 0 Å². The Balaban J connectivity index is 1.16. The highest BCUT2D eigenvalue weighted by atomic mass is 19.1. The van der Waals surface area contributed by atoms with Gasteiger partial charge >= 0.3 is 0 Å². The van der Waals surface area contributed by atoms with Crippen LogP contribution in [0.5, 0.6) is 0 Å². The first-order chi connectivity index (χ1) is 20.4. The van der Waals surface area contributed by atoms with Gasteiger partial charge in [0.2, 0.25) is 5.91 Å². The summed E-state index contributed by atoms with van der Waals surface area (Å²) in [5.74, 6) is 1.18. The number of imidazole rings is 1. The molecule has 5 aliphatic rings. The van der Waals surface area contributed by atoms with Crippen LogP contribution in [0.25, 0.3) is 22.3 Å². The minimum absolute atomic E-state index is 0.193. The van der Waals surface area contributed by atoms with Crippen LogP contribution in [0.15, 0.2) is 30.6 Å². The lowest BCUT2D eigenvalue weighted by Crippen LogP contribution is -2.58. The van der Waals surface area contributed by atoms with Crippen molar-refractivity contribution in [1.82, 2.24) is 24.8 Å². The van der Waals surface area contributed by atoms with Gasteiger partial charge in [0.05, 0.1) is 23.0 Å². The fourth-order valence-electron chi connectivity index (χ4n) is 7.87. The van der Waals surface area contributed by atoms with Crippen LogP contribution in [-0.4, -0.2) is 75.8 Å². The standard InChI is InChI=1S/C33H42FN7O/c1-20(2)40-19-36-28-18-27(38-31(30(28)40)37-23-4-5-23)21-3-6-26-29(15-21)41(32(42)33(26)9-11-35-12-10-33)25-16-24(17-25)39-13-7-22(34)8-14-39/h3,6,15,18-20,22-25,35H,4-5,7-14,16-17H2,1-2H3,(H,37,38). The van der Waals surface area contributed by atoms with Gasteiger partial charge in [-0.2, -0.15) is 0 Å². The highest BCUT2D eigenvalue weighted by Gasteiger charge is 2.55. The number of amides is 1. The first-order valence-electron chi connectivity index (χ1n) is 16.1. The number of likely N-dealkylation sites (tertiary alicyclic amines) is 1. The van der Waals surface area contributed by atoms with E-state index < -0.39 is 11.6 Å². The van der Waals surface area contributed by atoms with Crippen molar-refractivity contribution >= 4 is 28.4 Å². The van der Waals surface area contributed by atoms with Crippen molar-refractivity contribution in [3.05, 3.63) is 36.2 Å². The molecular weight excluding hydrogens is 529 g/mol. The Labute approximate surface area is 247 Å². The number of rotatable bonds is 6. The number of carbonyl (C=O) groups is 1. The number of nitrogens with one attached hydrogen (secondary N) is 2. The molecule has 42 heavy (non-hydrogen) atoms. The molecule has 0 unspecified atom stereocenters. The van der Waals surface area contributed by atoms with E-state index in [2.05, 4.69) is 63.1 Å². The van der Waals surface area contributed by atoms with Crippen LogP contribution in [0.4, 0.5) is 15.9 Å². The molecule has 222 valence electrons. The highest BCUT2D eigenvalue weighted by Crippen LogP contribution is 2.51. The van der Waals surface area contributed by atoms with Gasteiger partial charge in [0.1, 0.15) is 11.7 Å². The van der Waals surface area contributed by atoms with Crippen molar-refractivity contribution in [3.8, 4) is 11.3 Å². The Morgan fingerprint density at radius 1 is 1.05 bits per heavy atom. The minimum Gasteiger partial charge on any atom is -0.366 e. The van der Waals surface area contributed by atoms with Gasteiger partial charge in [-0.3, -0.25) is 4.79 Å². The van der Waals surface area contributed by atoms with Crippen LogP contribution < -0.4 is 15.5 Å². The predicted molar refractivity (Wildman–Crippen MR) is 164 cm³/mol. The topological polar surface area (TPSA) is 78.3 Å². The Morgan fingerprint density at radius 2 is 1.81 bits per heavy atom. The lowest BCUT2D eigenvalue weighted by molar-refractivity contribution is -0.125. The zero-order valence-corrected chi connectivity index (χ0v) is 24.8. The van der Waals surface area contributed by atoms with Crippen LogP contribution in [0.2, 0.25) is 0 Å². The molecule has 5 heterocycles. The number of carbonyl (C=O) groups excluding carboxylic acids is 1. The Hall–Kier alpha value is -3.04. The number of aromatic nitrogens is 3. The van der Waals surface area contributed by atoms with Gasteiger partial charge in [-0.15, -0.1) is 0 Å². The van der Waals surface area contributed by atoms with E-state index in [1.54, 1.807) is 0 Å². The van der Waals surface area contributed by atoms with Crippen molar-refractivity contribution in [2.24, 2.45) is 0 Å². The average molecular weight is 572 g/mol. The number of alkyl halides is 1. The number of hydrogen-bond acceptors (Lipinski definition) is 6. The summed E-state index contributed by atoms with van der Waals surface area (Å²) in [6.45, 7) is 7.74. The molecule has 0 atom stereocenters. The molecule has 3 aromatic rings. The van der Waals surface area contributed by atoms with Crippen molar-refractivity contribution in [3.63, 3.8) is 0 Å². The maximum atomic E-state index is 14.4. The summed E-state index contributed by atoms with van der Waals surface area (Å²) in [5.41, 5.74) is 5.73. The fourth-order valence-corrected chi connectivity index (χ4v) is 7.87. The molecule has 2 N–H and O–H groups in total. The van der Waals surface area contributed by atoms with Crippen molar-refractivity contribution in [2.45, 2.75) is 101 Å². The van der Waals surface area contributed by atoms with E-state index in [9.17, 15) is 9.18 Å². The smallest absolute Gasteiger partial charge is 0.238 e. The van der Waals surface area contributed by atoms with Gasteiger partial charge in [0.15, 0.2) is 5.82 Å². The third-order valence-corrected chi connectivity index (χ3v) is 10.6. The molecule has 8 rings (SSSR count). The van der Waals surface area contributed by atoms with Crippen LogP contribution in [0.3, 0.4) is 0 Å². The normalized spacial score (nSPS) is 26.3. The second-order valence-electron chi connectivity index (χ2n) is 13.6. The summed E-state index contributed by atoms with van der Waals surface area (Å²) in [4.78, 5) is 28.9. The van der Waals surface area contributed by atoms with Crippen LogP contribution in [0.1, 0.15) is 76.8 Å². The van der Waals surface area contributed by atoms with Gasteiger partial charge in [0, 0.05) is 48.5 Å². The maximum Gasteiger partial charge on any atom is 0.238 e. The van der Waals surface area contributed by atoms with Crippen molar-refractivity contribution in [2.75, 3.05) is 36.4 Å². The molecule has 1 aromatic carbocycles. The lowest BCUT2D eigenvalue weighted by Gasteiger charge is -2.48. The van der Waals surface area contributed by atoms with Crippen LogP contribution in [-0.2, 0) is 10.2 Å². The number of fused-ring (bicyclic) bond motifs is 3. The first-order valence-corrected chi connectivity index (χ1v) is 16.1. The molecule has 1 amide bonds. The van der Waals surface area contributed by atoms with Gasteiger partial charge in [-0.1, -0.05) is 12.1 Å². The second kappa shape index (κ2) is 10.0. The van der Waals surface area contributed by atoms with Crippen LogP contribution >= 0.6 is 0 Å². The van der Waals surface area contributed by atoms with Gasteiger partial charge < -0.3 is 25.0 Å². The van der Waals surface area contributed by atoms with E-state index in [1.165, 1.54) is 18.4 Å². The molecule has 2 saturated carbocycles. The molecule has 1 spiro atoms. The monoisotopic (exact) mass is 571 g/mol. The lowest BCUT2D eigenvalue weighted by atomic mass is 9.74. The molecule has 0 bridgehead atoms. The van der Waals surface area contributed by atoms with Crippen molar-refractivity contribution < 1.29 is 9.18 Å². The zero-order valence-electron chi connectivity index (χ0n) is 24.8. The number of anilines is 2. The quantitative estimate of drug-likeness (QED) is 0.424.